The van der Waals surface area contributed by atoms with E-state index in [-0.39, 0.29) is 18.4 Å². The Morgan fingerprint density at radius 2 is 1.62 bits per heavy atom. The largest absolute Gasteiger partial charge is 0.369 e. The lowest BCUT2D eigenvalue weighted by molar-refractivity contribution is -0.139. The monoisotopic (exact) mass is 508 g/mol. The third-order valence-electron chi connectivity index (χ3n) is 7.96. The number of nitrogens with zero attached hydrogens (tertiary/aromatic N) is 4. The molecule has 8 heteroatoms. The highest BCUT2D eigenvalue weighted by Gasteiger charge is 2.43. The third-order valence-corrected chi connectivity index (χ3v) is 8.70. The van der Waals surface area contributed by atoms with Crippen LogP contribution in [0.4, 0.5) is 5.69 Å². The zero-order valence-corrected chi connectivity index (χ0v) is 21.9. The molecule has 1 spiro atoms. The van der Waals surface area contributed by atoms with Gasteiger partial charge in [0.05, 0.1) is 16.6 Å². The van der Waals surface area contributed by atoms with Crippen LogP contribution in [0, 0.1) is 5.41 Å². The predicted molar refractivity (Wildman–Crippen MR) is 139 cm³/mol. The summed E-state index contributed by atoms with van der Waals surface area (Å²) in [5.41, 5.74) is 1.82. The highest BCUT2D eigenvalue weighted by atomic mass is 35.5. The lowest BCUT2D eigenvalue weighted by Crippen LogP contribution is -2.42. The van der Waals surface area contributed by atoms with E-state index in [0.29, 0.717) is 36.1 Å². The van der Waals surface area contributed by atoms with Gasteiger partial charge in [0.1, 0.15) is 0 Å². The first kappa shape index (κ1) is 25.6. The van der Waals surface area contributed by atoms with E-state index in [1.807, 2.05) is 17.0 Å². The topological polar surface area (TPSA) is 47.1 Å². The second kappa shape index (κ2) is 11.5. The number of piperidine rings is 1. The molecule has 3 heterocycles. The number of hydrogen-bond acceptors (Lipinski definition) is 4. The highest BCUT2D eigenvalue weighted by Crippen LogP contribution is 2.53. The molecule has 2 amide bonds. The van der Waals surface area contributed by atoms with Gasteiger partial charge in [-0.05, 0) is 81.8 Å². The minimum absolute atomic E-state index is 0.0325. The van der Waals surface area contributed by atoms with E-state index in [4.69, 9.17) is 23.2 Å². The number of amides is 2. The van der Waals surface area contributed by atoms with Gasteiger partial charge in [0.25, 0.3) is 0 Å². The fourth-order valence-corrected chi connectivity index (χ4v) is 5.52. The van der Waals surface area contributed by atoms with Gasteiger partial charge in [-0.15, -0.1) is 0 Å². The molecule has 0 N–H and O–H groups in total. The number of likely N-dealkylation sites (tertiary alicyclic amines) is 2. The minimum atomic E-state index is 0.0325. The zero-order valence-electron chi connectivity index (χ0n) is 20.4. The van der Waals surface area contributed by atoms with Crippen molar-refractivity contribution in [2.24, 2.45) is 5.41 Å². The summed E-state index contributed by atoms with van der Waals surface area (Å²) in [4.78, 5) is 32.9. The Morgan fingerprint density at radius 3 is 2.24 bits per heavy atom. The Balaban J connectivity index is 0.000000226. The molecule has 0 aromatic heterocycles. The highest BCUT2D eigenvalue weighted by molar-refractivity contribution is 6.42. The van der Waals surface area contributed by atoms with Crippen molar-refractivity contribution in [2.45, 2.75) is 51.9 Å². The van der Waals surface area contributed by atoms with Crippen LogP contribution < -0.4 is 4.90 Å². The Morgan fingerprint density at radius 1 is 0.912 bits per heavy atom. The second-order valence-corrected chi connectivity index (χ2v) is 11.0. The van der Waals surface area contributed by atoms with Crippen molar-refractivity contribution in [3.05, 3.63) is 28.2 Å². The molecular formula is C26H38Cl2N4O2. The first-order chi connectivity index (χ1) is 16.4. The summed E-state index contributed by atoms with van der Waals surface area (Å²) in [7, 11) is 0. The standard InChI is InChI=1S/C17H21Cl2N3O2.C9H17N/c18-14-4-3-13(11-15(14)19)20-8-5-16(23)22(10-9-20)12-17(24)21-6-1-2-7-21;1-2-10-7-5-9(3-4-9)6-8-10/h3-4,11H,1-2,5-10,12H2;2-8H2,1H3. The third kappa shape index (κ3) is 6.58. The van der Waals surface area contributed by atoms with Crippen LogP contribution in [0.3, 0.4) is 0 Å². The summed E-state index contributed by atoms with van der Waals surface area (Å²) in [6.07, 6.45) is 8.56. The van der Waals surface area contributed by atoms with Crippen molar-refractivity contribution in [3.8, 4) is 0 Å². The summed E-state index contributed by atoms with van der Waals surface area (Å²) in [5.74, 6) is 0.0916. The van der Waals surface area contributed by atoms with Gasteiger partial charge in [-0.25, -0.2) is 0 Å². The van der Waals surface area contributed by atoms with Crippen LogP contribution in [0.15, 0.2) is 18.2 Å². The zero-order chi connectivity index (χ0) is 24.1. The SMILES string of the molecule is CCN1CCC2(CC1)CC2.O=C(CN1CCN(c2ccc(Cl)c(Cl)c2)CCC1=O)N1CCCC1. The van der Waals surface area contributed by atoms with E-state index >= 15 is 0 Å². The van der Waals surface area contributed by atoms with Crippen LogP contribution in [0.25, 0.3) is 0 Å². The first-order valence-corrected chi connectivity index (χ1v) is 13.6. The number of hydrogen-bond donors (Lipinski definition) is 0. The maximum absolute atomic E-state index is 12.3. The van der Waals surface area contributed by atoms with Gasteiger partial charge in [0.2, 0.25) is 11.8 Å². The summed E-state index contributed by atoms with van der Waals surface area (Å²) in [6.45, 7) is 9.93. The maximum Gasteiger partial charge on any atom is 0.242 e. The molecule has 0 unspecified atom stereocenters. The molecule has 3 saturated heterocycles. The van der Waals surface area contributed by atoms with Gasteiger partial charge >= 0.3 is 0 Å². The number of rotatable bonds is 4. The van der Waals surface area contributed by atoms with Crippen molar-refractivity contribution in [2.75, 3.05) is 63.8 Å². The van der Waals surface area contributed by atoms with Crippen LogP contribution in [0.5, 0.6) is 0 Å². The van der Waals surface area contributed by atoms with Crippen LogP contribution in [-0.4, -0.2) is 85.4 Å². The van der Waals surface area contributed by atoms with E-state index in [2.05, 4.69) is 16.7 Å². The summed E-state index contributed by atoms with van der Waals surface area (Å²) in [5, 5.41) is 1.02. The van der Waals surface area contributed by atoms with E-state index in [1.165, 1.54) is 45.3 Å². The van der Waals surface area contributed by atoms with Gasteiger partial charge in [0, 0.05) is 44.8 Å². The molecule has 5 rings (SSSR count). The first-order valence-electron chi connectivity index (χ1n) is 12.9. The van der Waals surface area contributed by atoms with Crippen molar-refractivity contribution < 1.29 is 9.59 Å². The van der Waals surface area contributed by atoms with Crippen molar-refractivity contribution in [1.82, 2.24) is 14.7 Å². The number of halogens is 2. The maximum atomic E-state index is 12.3. The molecule has 4 fully saturated rings. The van der Waals surface area contributed by atoms with E-state index in [1.54, 1.807) is 11.0 Å². The second-order valence-electron chi connectivity index (χ2n) is 10.2. The molecule has 1 aromatic carbocycles. The van der Waals surface area contributed by atoms with Crippen LogP contribution >= 0.6 is 23.2 Å². The van der Waals surface area contributed by atoms with Crippen LogP contribution in [0.1, 0.15) is 51.9 Å². The van der Waals surface area contributed by atoms with Crippen LogP contribution in [0.2, 0.25) is 10.0 Å². The fraction of sp³-hybridized carbons (Fsp3) is 0.692. The number of carbonyl (C=O) groups excluding carboxylic acids is 2. The molecule has 188 valence electrons. The molecule has 1 saturated carbocycles. The molecule has 0 radical (unpaired) electrons. The normalized spacial score (nSPS) is 22.4. The summed E-state index contributed by atoms with van der Waals surface area (Å²) < 4.78 is 0. The van der Waals surface area contributed by atoms with Crippen molar-refractivity contribution in [1.29, 1.82) is 0 Å². The van der Waals surface area contributed by atoms with Crippen LogP contribution in [-0.2, 0) is 9.59 Å². The average molecular weight is 510 g/mol. The van der Waals surface area contributed by atoms with E-state index in [0.717, 1.165) is 37.0 Å². The Hall–Kier alpha value is -1.50. The molecular weight excluding hydrogens is 471 g/mol. The van der Waals surface area contributed by atoms with E-state index < -0.39 is 0 Å². The molecule has 34 heavy (non-hydrogen) atoms. The van der Waals surface area contributed by atoms with Crippen molar-refractivity contribution >= 4 is 40.7 Å². The number of benzene rings is 1. The quantitative estimate of drug-likeness (QED) is 0.598. The Kier molecular flexibility index (Phi) is 8.65. The molecule has 1 aliphatic carbocycles. The lowest BCUT2D eigenvalue weighted by atomic mass is 9.94. The van der Waals surface area contributed by atoms with E-state index in [9.17, 15) is 9.59 Å². The molecule has 0 atom stereocenters. The van der Waals surface area contributed by atoms with Gasteiger partial charge in [-0.2, -0.15) is 0 Å². The van der Waals surface area contributed by atoms with Crippen molar-refractivity contribution in [3.63, 3.8) is 0 Å². The lowest BCUT2D eigenvalue weighted by Gasteiger charge is -2.30. The molecule has 6 nitrogen and oxygen atoms in total. The average Bonchev–Trinajstić information content (AvgIpc) is 3.41. The number of anilines is 1. The summed E-state index contributed by atoms with van der Waals surface area (Å²) >= 11 is 12.0. The minimum Gasteiger partial charge on any atom is -0.369 e. The Bertz CT molecular complexity index is 860. The Labute approximate surface area is 214 Å². The predicted octanol–water partition coefficient (Wildman–Crippen LogP) is 4.54. The number of carbonyl (C=O) groups is 2. The summed E-state index contributed by atoms with van der Waals surface area (Å²) in [6, 6.07) is 5.49. The van der Waals surface area contributed by atoms with Gasteiger partial charge in [-0.3, -0.25) is 9.59 Å². The molecule has 3 aliphatic heterocycles. The molecule has 1 aromatic rings. The van der Waals surface area contributed by atoms with Gasteiger partial charge < -0.3 is 19.6 Å². The smallest absolute Gasteiger partial charge is 0.242 e. The molecule has 0 bridgehead atoms. The van der Waals surface area contributed by atoms with Gasteiger partial charge in [0.15, 0.2) is 0 Å². The molecule has 4 aliphatic rings. The van der Waals surface area contributed by atoms with Gasteiger partial charge in [-0.1, -0.05) is 30.1 Å². The fourth-order valence-electron chi connectivity index (χ4n) is 5.22.